The number of hydrogen-bond donors (Lipinski definition) is 0. The van der Waals surface area contributed by atoms with Crippen molar-refractivity contribution in [1.82, 2.24) is 0 Å². The van der Waals surface area contributed by atoms with Crippen molar-refractivity contribution in [2.24, 2.45) is 0 Å². The van der Waals surface area contributed by atoms with E-state index in [1.807, 2.05) is 12.2 Å². The Balaban J connectivity index is 2.15. The van der Waals surface area contributed by atoms with Gasteiger partial charge in [-0.15, -0.1) is 0 Å². The second-order valence-corrected chi connectivity index (χ2v) is 3.22. The Hall–Kier alpha value is -0.380. The maximum atomic E-state index is 5.12. The number of hydrogen-bond acceptors (Lipinski definition) is 3. The van der Waals surface area contributed by atoms with Crippen molar-refractivity contribution in [2.45, 2.75) is 45.0 Å². The van der Waals surface area contributed by atoms with Crippen LogP contribution in [0.1, 0.15) is 32.6 Å². The summed E-state index contributed by atoms with van der Waals surface area (Å²) in [4.78, 5) is 10.1. The molecule has 0 amide bonds. The largest absolute Gasteiger partial charge is 0.350 e. The topological polar surface area (TPSA) is 27.7 Å². The van der Waals surface area contributed by atoms with E-state index in [1.54, 1.807) is 7.11 Å². The quantitative estimate of drug-likeness (QED) is 0.375. The van der Waals surface area contributed by atoms with Crippen LogP contribution in [0.4, 0.5) is 0 Å². The van der Waals surface area contributed by atoms with Crippen LogP contribution in [0, 0.1) is 0 Å². The van der Waals surface area contributed by atoms with Crippen LogP contribution >= 0.6 is 0 Å². The lowest BCUT2D eigenvalue weighted by Gasteiger charge is -2.21. The average molecular weight is 186 g/mol. The zero-order valence-electron chi connectivity index (χ0n) is 8.36. The van der Waals surface area contributed by atoms with E-state index in [4.69, 9.17) is 14.5 Å². The highest BCUT2D eigenvalue weighted by Crippen LogP contribution is 2.14. The maximum Gasteiger partial charge on any atom is 0.210 e. The van der Waals surface area contributed by atoms with Crippen molar-refractivity contribution in [1.29, 1.82) is 0 Å². The van der Waals surface area contributed by atoms with Crippen LogP contribution in [0.3, 0.4) is 0 Å². The van der Waals surface area contributed by atoms with Crippen LogP contribution < -0.4 is 0 Å². The lowest BCUT2D eigenvalue weighted by Crippen LogP contribution is -2.23. The molecular formula is C10H18O3. The fraction of sp³-hybridized carbons (Fsp3) is 0.800. The van der Waals surface area contributed by atoms with E-state index in [0.29, 0.717) is 0 Å². The summed E-state index contributed by atoms with van der Waals surface area (Å²) in [5, 5.41) is 0. The smallest absolute Gasteiger partial charge is 0.210 e. The SMILES string of the molecule is CCCCCC1C=CC(OC)OO1. The van der Waals surface area contributed by atoms with Gasteiger partial charge in [0.15, 0.2) is 0 Å². The monoisotopic (exact) mass is 186 g/mol. The van der Waals surface area contributed by atoms with Crippen LogP contribution in [0.25, 0.3) is 0 Å². The van der Waals surface area contributed by atoms with Crippen LogP contribution in [0.5, 0.6) is 0 Å². The Labute approximate surface area is 79.6 Å². The van der Waals surface area contributed by atoms with Crippen LogP contribution in [-0.2, 0) is 14.5 Å². The van der Waals surface area contributed by atoms with Gasteiger partial charge in [-0.2, -0.15) is 4.89 Å². The Bertz CT molecular complexity index is 156. The van der Waals surface area contributed by atoms with E-state index >= 15 is 0 Å². The van der Waals surface area contributed by atoms with E-state index in [2.05, 4.69) is 6.92 Å². The molecule has 2 unspecified atom stereocenters. The fourth-order valence-corrected chi connectivity index (χ4v) is 1.26. The molecule has 0 N–H and O–H groups in total. The van der Waals surface area contributed by atoms with Crippen LogP contribution in [0.15, 0.2) is 12.2 Å². The lowest BCUT2D eigenvalue weighted by atomic mass is 10.1. The lowest BCUT2D eigenvalue weighted by molar-refractivity contribution is -0.383. The van der Waals surface area contributed by atoms with Crippen molar-refractivity contribution in [3.05, 3.63) is 12.2 Å². The molecule has 1 aliphatic rings. The molecule has 1 rings (SSSR count). The molecule has 0 aromatic rings. The van der Waals surface area contributed by atoms with Gasteiger partial charge < -0.3 is 4.74 Å². The summed E-state index contributed by atoms with van der Waals surface area (Å²) in [6, 6.07) is 0. The number of methoxy groups -OCH3 is 1. The van der Waals surface area contributed by atoms with Gasteiger partial charge in [-0.05, 0) is 12.5 Å². The third kappa shape index (κ3) is 3.89. The van der Waals surface area contributed by atoms with Crippen LogP contribution in [-0.4, -0.2) is 19.5 Å². The van der Waals surface area contributed by atoms with Gasteiger partial charge in [-0.3, -0.25) is 0 Å². The molecule has 3 nitrogen and oxygen atoms in total. The molecule has 0 bridgehead atoms. The van der Waals surface area contributed by atoms with Gasteiger partial charge in [-0.25, -0.2) is 4.89 Å². The van der Waals surface area contributed by atoms with E-state index < -0.39 is 0 Å². The summed E-state index contributed by atoms with van der Waals surface area (Å²) in [7, 11) is 1.59. The molecule has 0 aromatic carbocycles. The molecule has 2 atom stereocenters. The first kappa shape index (κ1) is 10.7. The van der Waals surface area contributed by atoms with Gasteiger partial charge in [0.25, 0.3) is 0 Å². The molecule has 13 heavy (non-hydrogen) atoms. The molecular weight excluding hydrogens is 168 g/mol. The van der Waals surface area contributed by atoms with Crippen molar-refractivity contribution < 1.29 is 14.5 Å². The maximum absolute atomic E-state index is 5.12. The third-order valence-corrected chi connectivity index (χ3v) is 2.08. The molecule has 0 fully saturated rings. The first-order valence-corrected chi connectivity index (χ1v) is 4.90. The first-order chi connectivity index (χ1) is 6.36. The molecule has 0 aromatic heterocycles. The van der Waals surface area contributed by atoms with Gasteiger partial charge in [0, 0.05) is 7.11 Å². The Morgan fingerprint density at radius 1 is 1.23 bits per heavy atom. The predicted octanol–water partition coefficient (Wildman–Crippen LogP) is 2.43. The number of ether oxygens (including phenoxy) is 1. The molecule has 3 heteroatoms. The van der Waals surface area contributed by atoms with Crippen molar-refractivity contribution in [3.63, 3.8) is 0 Å². The summed E-state index contributed by atoms with van der Waals surface area (Å²) in [5.74, 6) is 0. The molecule has 1 heterocycles. The van der Waals surface area contributed by atoms with Gasteiger partial charge in [0.1, 0.15) is 6.10 Å². The van der Waals surface area contributed by atoms with Crippen molar-refractivity contribution in [2.75, 3.05) is 7.11 Å². The van der Waals surface area contributed by atoms with E-state index in [1.165, 1.54) is 19.3 Å². The highest BCUT2D eigenvalue weighted by atomic mass is 17.2. The normalized spacial score (nSPS) is 27.8. The second kappa shape index (κ2) is 6.13. The summed E-state index contributed by atoms with van der Waals surface area (Å²) in [6.07, 6.45) is 8.38. The minimum absolute atomic E-state index is 0.109. The predicted molar refractivity (Wildman–Crippen MR) is 50.0 cm³/mol. The number of unbranched alkanes of at least 4 members (excludes halogenated alkanes) is 2. The summed E-state index contributed by atoms with van der Waals surface area (Å²) in [6.45, 7) is 2.19. The van der Waals surface area contributed by atoms with E-state index in [9.17, 15) is 0 Å². The Morgan fingerprint density at radius 3 is 2.62 bits per heavy atom. The van der Waals surface area contributed by atoms with Gasteiger partial charge in [0.05, 0.1) is 0 Å². The second-order valence-electron chi connectivity index (χ2n) is 3.22. The average Bonchev–Trinajstić information content (AvgIpc) is 2.19. The minimum Gasteiger partial charge on any atom is -0.350 e. The molecule has 0 spiro atoms. The summed E-state index contributed by atoms with van der Waals surface area (Å²) >= 11 is 0. The first-order valence-electron chi connectivity index (χ1n) is 4.90. The van der Waals surface area contributed by atoms with Gasteiger partial charge >= 0.3 is 0 Å². The summed E-state index contributed by atoms with van der Waals surface area (Å²) in [5.41, 5.74) is 0. The zero-order valence-corrected chi connectivity index (χ0v) is 8.36. The molecule has 0 saturated carbocycles. The fourth-order valence-electron chi connectivity index (χ4n) is 1.26. The molecule has 1 aliphatic heterocycles. The highest BCUT2D eigenvalue weighted by molar-refractivity contribution is 4.93. The minimum atomic E-state index is -0.331. The number of rotatable bonds is 5. The zero-order chi connectivity index (χ0) is 9.52. The molecule has 0 saturated heterocycles. The van der Waals surface area contributed by atoms with Crippen LogP contribution in [0.2, 0.25) is 0 Å². The van der Waals surface area contributed by atoms with E-state index in [0.717, 1.165) is 6.42 Å². The molecule has 0 aliphatic carbocycles. The standard InChI is InChI=1S/C10H18O3/c1-3-4-5-6-9-7-8-10(11-2)13-12-9/h7-10H,3-6H2,1-2H3. The highest BCUT2D eigenvalue weighted by Gasteiger charge is 2.15. The Morgan fingerprint density at radius 2 is 2.08 bits per heavy atom. The van der Waals surface area contributed by atoms with Gasteiger partial charge in [-0.1, -0.05) is 32.3 Å². The third-order valence-electron chi connectivity index (χ3n) is 2.08. The Kier molecular flexibility index (Phi) is 5.05. The van der Waals surface area contributed by atoms with Crippen molar-refractivity contribution >= 4 is 0 Å². The molecule has 76 valence electrons. The molecule has 0 radical (unpaired) electrons. The van der Waals surface area contributed by atoms with E-state index in [-0.39, 0.29) is 12.4 Å². The van der Waals surface area contributed by atoms with Gasteiger partial charge in [0.2, 0.25) is 6.29 Å². The van der Waals surface area contributed by atoms with Crippen molar-refractivity contribution in [3.8, 4) is 0 Å². The summed E-state index contributed by atoms with van der Waals surface area (Å²) < 4.78 is 4.93.